The number of ether oxygens (including phenoxy) is 4. The minimum absolute atomic E-state index is 0.0302. The van der Waals surface area contributed by atoms with Gasteiger partial charge in [-0.25, -0.2) is 0 Å². The summed E-state index contributed by atoms with van der Waals surface area (Å²) in [5.41, 5.74) is 2.88. The van der Waals surface area contributed by atoms with Gasteiger partial charge >= 0.3 is 0 Å². The Bertz CT molecular complexity index is 933. The van der Waals surface area contributed by atoms with Crippen molar-refractivity contribution in [3.63, 3.8) is 0 Å². The summed E-state index contributed by atoms with van der Waals surface area (Å²) in [6.45, 7) is 3.09. The molecular formula is C23H25NO5. The molecule has 0 N–H and O–H groups in total. The third-order valence-electron chi connectivity index (χ3n) is 6.20. The van der Waals surface area contributed by atoms with Gasteiger partial charge in [0.25, 0.3) is 5.91 Å². The van der Waals surface area contributed by atoms with Gasteiger partial charge in [-0.15, -0.1) is 0 Å². The SMILES string of the molecule is COc1ccc2c(c1)CCOC21CCN(C(=O)c2ccc3c(c2)OCCO3)CC1. The maximum Gasteiger partial charge on any atom is 0.253 e. The van der Waals surface area contributed by atoms with Crippen LogP contribution < -0.4 is 14.2 Å². The average Bonchev–Trinajstić information content (AvgIpc) is 2.78. The van der Waals surface area contributed by atoms with Gasteiger partial charge in [0.15, 0.2) is 11.5 Å². The molecule has 6 nitrogen and oxygen atoms in total. The van der Waals surface area contributed by atoms with Crippen LogP contribution in [0.5, 0.6) is 17.2 Å². The molecule has 2 aromatic rings. The third kappa shape index (κ3) is 3.21. The van der Waals surface area contributed by atoms with Crippen LogP contribution in [-0.2, 0) is 16.8 Å². The summed E-state index contributed by atoms with van der Waals surface area (Å²) in [4.78, 5) is 15.0. The van der Waals surface area contributed by atoms with E-state index in [4.69, 9.17) is 18.9 Å². The van der Waals surface area contributed by atoms with Gasteiger partial charge in [0, 0.05) is 18.7 Å². The number of likely N-dealkylation sites (tertiary alicyclic amines) is 1. The molecule has 0 aliphatic carbocycles. The van der Waals surface area contributed by atoms with Crippen molar-refractivity contribution in [2.45, 2.75) is 24.9 Å². The van der Waals surface area contributed by atoms with Gasteiger partial charge in [0.2, 0.25) is 0 Å². The molecule has 0 atom stereocenters. The lowest BCUT2D eigenvalue weighted by Crippen LogP contribution is -2.48. The second kappa shape index (κ2) is 7.26. The highest BCUT2D eigenvalue weighted by molar-refractivity contribution is 5.95. The molecule has 0 bridgehead atoms. The van der Waals surface area contributed by atoms with Crippen molar-refractivity contribution in [2.24, 2.45) is 0 Å². The van der Waals surface area contributed by atoms with Crippen molar-refractivity contribution in [1.29, 1.82) is 0 Å². The normalized spacial score (nSPS) is 19.6. The van der Waals surface area contributed by atoms with Gasteiger partial charge < -0.3 is 23.8 Å². The topological polar surface area (TPSA) is 57.2 Å². The lowest BCUT2D eigenvalue weighted by molar-refractivity contribution is -0.0935. The maximum absolute atomic E-state index is 13.1. The number of nitrogens with zero attached hydrogens (tertiary/aromatic N) is 1. The lowest BCUT2D eigenvalue weighted by Gasteiger charge is -2.45. The van der Waals surface area contributed by atoms with Crippen LogP contribution in [0.25, 0.3) is 0 Å². The van der Waals surface area contributed by atoms with Crippen LogP contribution in [0.2, 0.25) is 0 Å². The zero-order valence-corrected chi connectivity index (χ0v) is 16.6. The molecule has 0 aromatic heterocycles. The lowest BCUT2D eigenvalue weighted by atomic mass is 9.79. The highest BCUT2D eigenvalue weighted by atomic mass is 16.6. The van der Waals surface area contributed by atoms with Gasteiger partial charge in [0.05, 0.1) is 19.3 Å². The summed E-state index contributed by atoms with van der Waals surface area (Å²) in [6.07, 6.45) is 2.49. The minimum atomic E-state index is -0.302. The summed E-state index contributed by atoms with van der Waals surface area (Å²) >= 11 is 0. The van der Waals surface area contributed by atoms with Crippen LogP contribution >= 0.6 is 0 Å². The quantitative estimate of drug-likeness (QED) is 0.782. The zero-order valence-electron chi connectivity index (χ0n) is 16.6. The molecule has 3 aliphatic heterocycles. The number of carbonyl (C=O) groups is 1. The van der Waals surface area contributed by atoms with Crippen molar-refractivity contribution in [1.82, 2.24) is 4.90 Å². The van der Waals surface area contributed by atoms with Gasteiger partial charge in [-0.2, -0.15) is 0 Å². The number of fused-ring (bicyclic) bond motifs is 3. The Morgan fingerprint density at radius 1 is 1.00 bits per heavy atom. The molecule has 152 valence electrons. The molecular weight excluding hydrogens is 370 g/mol. The second-order valence-electron chi connectivity index (χ2n) is 7.77. The fourth-order valence-electron chi connectivity index (χ4n) is 4.63. The van der Waals surface area contributed by atoms with E-state index in [0.29, 0.717) is 50.0 Å². The third-order valence-corrected chi connectivity index (χ3v) is 6.20. The van der Waals surface area contributed by atoms with Crippen LogP contribution in [0.15, 0.2) is 36.4 Å². The van der Waals surface area contributed by atoms with E-state index in [-0.39, 0.29) is 11.5 Å². The number of carbonyl (C=O) groups excluding carboxylic acids is 1. The van der Waals surface area contributed by atoms with Crippen LogP contribution in [0.1, 0.15) is 34.3 Å². The number of piperidine rings is 1. The molecule has 5 rings (SSSR count). The van der Waals surface area contributed by atoms with Crippen LogP contribution in [-0.4, -0.2) is 50.8 Å². The van der Waals surface area contributed by atoms with Crippen LogP contribution in [0, 0.1) is 0 Å². The van der Waals surface area contributed by atoms with Crippen molar-refractivity contribution >= 4 is 5.91 Å². The van der Waals surface area contributed by atoms with Gasteiger partial charge in [-0.05, 0) is 60.7 Å². The van der Waals surface area contributed by atoms with Crippen LogP contribution in [0.3, 0.4) is 0 Å². The monoisotopic (exact) mass is 395 g/mol. The first kappa shape index (κ1) is 18.3. The zero-order chi connectivity index (χ0) is 19.8. The predicted octanol–water partition coefficient (Wildman–Crippen LogP) is 3.17. The molecule has 3 heterocycles. The maximum atomic E-state index is 13.1. The van der Waals surface area contributed by atoms with Crippen molar-refractivity contribution in [2.75, 3.05) is 40.0 Å². The molecule has 2 aromatic carbocycles. The summed E-state index contributed by atoms with van der Waals surface area (Å²) < 4.78 is 22.9. The van der Waals surface area contributed by atoms with E-state index in [1.165, 1.54) is 11.1 Å². The first-order chi connectivity index (χ1) is 14.2. The molecule has 1 spiro atoms. The fourth-order valence-corrected chi connectivity index (χ4v) is 4.63. The molecule has 3 aliphatic rings. The molecule has 0 unspecified atom stereocenters. The Balaban J connectivity index is 1.33. The van der Waals surface area contributed by atoms with E-state index >= 15 is 0 Å². The summed E-state index contributed by atoms with van der Waals surface area (Å²) in [6, 6.07) is 11.7. The van der Waals surface area contributed by atoms with Crippen molar-refractivity contribution in [3.8, 4) is 17.2 Å². The summed E-state index contributed by atoms with van der Waals surface area (Å²) in [5, 5.41) is 0. The fraction of sp³-hybridized carbons (Fsp3) is 0.435. The number of benzene rings is 2. The van der Waals surface area contributed by atoms with Gasteiger partial charge in [0.1, 0.15) is 19.0 Å². The molecule has 6 heteroatoms. The highest BCUT2D eigenvalue weighted by Crippen LogP contribution is 2.42. The number of hydrogen-bond acceptors (Lipinski definition) is 5. The highest BCUT2D eigenvalue weighted by Gasteiger charge is 2.42. The molecule has 0 radical (unpaired) electrons. The summed E-state index contributed by atoms with van der Waals surface area (Å²) in [7, 11) is 1.69. The molecule has 1 saturated heterocycles. The van der Waals surface area contributed by atoms with Crippen LogP contribution in [0.4, 0.5) is 0 Å². The van der Waals surface area contributed by atoms with Crippen molar-refractivity contribution in [3.05, 3.63) is 53.1 Å². The Kier molecular flexibility index (Phi) is 4.59. The smallest absolute Gasteiger partial charge is 0.253 e. The Labute approximate surface area is 170 Å². The predicted molar refractivity (Wildman–Crippen MR) is 107 cm³/mol. The Hall–Kier alpha value is -2.73. The van der Waals surface area contributed by atoms with Gasteiger partial charge in [-0.3, -0.25) is 4.79 Å². The Morgan fingerprint density at radius 2 is 1.79 bits per heavy atom. The number of amides is 1. The van der Waals surface area contributed by atoms with E-state index in [1.54, 1.807) is 13.2 Å². The van der Waals surface area contributed by atoms with E-state index in [2.05, 4.69) is 12.1 Å². The van der Waals surface area contributed by atoms with Gasteiger partial charge in [-0.1, -0.05) is 6.07 Å². The number of hydrogen-bond donors (Lipinski definition) is 0. The van der Waals surface area contributed by atoms with E-state index in [0.717, 1.165) is 25.0 Å². The Morgan fingerprint density at radius 3 is 2.59 bits per heavy atom. The molecule has 1 fully saturated rings. The molecule has 29 heavy (non-hydrogen) atoms. The first-order valence-electron chi connectivity index (χ1n) is 10.2. The second-order valence-corrected chi connectivity index (χ2v) is 7.77. The first-order valence-corrected chi connectivity index (χ1v) is 10.2. The minimum Gasteiger partial charge on any atom is -0.497 e. The molecule has 1 amide bonds. The van der Waals surface area contributed by atoms with E-state index in [9.17, 15) is 4.79 Å². The largest absolute Gasteiger partial charge is 0.497 e. The standard InChI is InChI=1S/C23H25NO5/c1-26-18-3-4-19-16(14-18)6-11-29-23(19)7-9-24(10-8-23)22(25)17-2-5-20-21(15-17)28-13-12-27-20/h2-5,14-15H,6-13H2,1H3. The number of methoxy groups -OCH3 is 1. The van der Waals surface area contributed by atoms with E-state index in [1.807, 2.05) is 23.1 Å². The molecule has 0 saturated carbocycles. The van der Waals surface area contributed by atoms with Crippen molar-refractivity contribution < 1.29 is 23.7 Å². The van der Waals surface area contributed by atoms with E-state index < -0.39 is 0 Å². The average molecular weight is 395 g/mol. The number of rotatable bonds is 2. The summed E-state index contributed by atoms with van der Waals surface area (Å²) in [5.74, 6) is 2.26.